The van der Waals surface area contributed by atoms with Gasteiger partial charge in [-0.15, -0.1) is 0 Å². The van der Waals surface area contributed by atoms with Gasteiger partial charge < -0.3 is 9.64 Å². The molecule has 0 aromatic heterocycles. The maximum Gasteiger partial charge on any atom is 0.337 e. The van der Waals surface area contributed by atoms with Gasteiger partial charge in [0, 0.05) is 22.9 Å². The zero-order valence-electron chi connectivity index (χ0n) is 13.0. The molecule has 0 radical (unpaired) electrons. The van der Waals surface area contributed by atoms with Crippen LogP contribution < -0.4 is 0 Å². The summed E-state index contributed by atoms with van der Waals surface area (Å²) in [5.74, 6) is -0.275. The molecule has 5 heteroatoms. The number of hydrogen-bond donors (Lipinski definition) is 0. The lowest BCUT2D eigenvalue weighted by molar-refractivity contribution is 0.0588. The number of fused-ring (bicyclic) bond motifs is 2. The van der Waals surface area contributed by atoms with Gasteiger partial charge in [-0.3, -0.25) is 4.79 Å². The topological polar surface area (TPSA) is 46.6 Å². The summed E-state index contributed by atoms with van der Waals surface area (Å²) in [6.45, 7) is 0. The van der Waals surface area contributed by atoms with E-state index < -0.39 is 0 Å². The van der Waals surface area contributed by atoms with Crippen molar-refractivity contribution in [1.82, 2.24) is 4.90 Å². The average Bonchev–Trinajstić information content (AvgIpc) is 2.83. The van der Waals surface area contributed by atoms with Crippen LogP contribution in [0.3, 0.4) is 0 Å². The van der Waals surface area contributed by atoms with E-state index in [0.717, 1.165) is 25.7 Å². The maximum atomic E-state index is 12.8. The number of nitrogens with zero attached hydrogens (tertiary/aromatic N) is 1. The Morgan fingerprint density at radius 2 is 1.64 bits per heavy atom. The molecule has 0 N–H and O–H groups in total. The zero-order chi connectivity index (χ0) is 15.7. The third-order valence-electron chi connectivity index (χ3n) is 4.81. The van der Waals surface area contributed by atoms with Crippen LogP contribution in [0.5, 0.6) is 0 Å². The highest BCUT2D eigenvalue weighted by molar-refractivity contribution is 7.99. The van der Waals surface area contributed by atoms with Gasteiger partial charge in [-0.2, -0.15) is 11.8 Å². The number of piperidine rings is 1. The quantitative estimate of drug-likeness (QED) is 0.804. The van der Waals surface area contributed by atoms with Crippen LogP contribution >= 0.6 is 11.8 Å². The van der Waals surface area contributed by atoms with E-state index in [2.05, 4.69) is 15.9 Å². The third-order valence-corrected chi connectivity index (χ3v) is 5.86. The fourth-order valence-electron chi connectivity index (χ4n) is 3.67. The van der Waals surface area contributed by atoms with Crippen molar-refractivity contribution in [2.45, 2.75) is 43.0 Å². The molecule has 2 saturated heterocycles. The van der Waals surface area contributed by atoms with Gasteiger partial charge in [-0.1, -0.05) is 0 Å². The lowest BCUT2D eigenvalue weighted by atomic mass is 10.0. The second-order valence-electron chi connectivity index (χ2n) is 6.00. The third kappa shape index (κ3) is 2.74. The van der Waals surface area contributed by atoms with Crippen molar-refractivity contribution in [2.24, 2.45) is 0 Å². The molecule has 1 amide bonds. The Labute approximate surface area is 135 Å². The second kappa shape index (κ2) is 6.32. The van der Waals surface area contributed by atoms with Crippen molar-refractivity contribution >= 4 is 23.6 Å². The fourth-order valence-corrected chi connectivity index (χ4v) is 4.50. The first-order valence-electron chi connectivity index (χ1n) is 7.68. The fraction of sp³-hybridized carbons (Fsp3) is 0.529. The first-order valence-corrected chi connectivity index (χ1v) is 8.96. The molecule has 2 atom stereocenters. The molecule has 118 valence electrons. The van der Waals surface area contributed by atoms with Crippen LogP contribution in [0.15, 0.2) is 24.3 Å². The molecule has 1 aromatic carbocycles. The van der Waals surface area contributed by atoms with Crippen LogP contribution in [-0.4, -0.2) is 47.5 Å². The first kappa shape index (κ1) is 15.4. The number of amides is 1. The van der Waals surface area contributed by atoms with Gasteiger partial charge >= 0.3 is 5.97 Å². The van der Waals surface area contributed by atoms with Gasteiger partial charge in [0.05, 0.1) is 12.7 Å². The monoisotopic (exact) mass is 319 g/mol. The van der Waals surface area contributed by atoms with Gasteiger partial charge in [-0.25, -0.2) is 4.79 Å². The van der Waals surface area contributed by atoms with E-state index in [0.29, 0.717) is 28.5 Å². The summed E-state index contributed by atoms with van der Waals surface area (Å²) in [5, 5.41) is 0.684. The molecule has 4 nitrogen and oxygen atoms in total. The van der Waals surface area contributed by atoms with E-state index >= 15 is 0 Å². The highest BCUT2D eigenvalue weighted by Crippen LogP contribution is 2.40. The lowest BCUT2D eigenvalue weighted by Gasteiger charge is -2.38. The molecular weight excluding hydrogens is 298 g/mol. The van der Waals surface area contributed by atoms with Crippen LogP contribution in [0.2, 0.25) is 0 Å². The van der Waals surface area contributed by atoms with Crippen molar-refractivity contribution in [3.63, 3.8) is 0 Å². The standard InChI is InChI=1S/C17H21NO3S/c1-21-17(20)12-5-3-11(4-6-12)16(19)18-13-7-8-14(18)10-15(9-13)22-2/h3-6,13-15H,7-10H2,1-2H3. The summed E-state index contributed by atoms with van der Waals surface area (Å²) in [4.78, 5) is 26.4. The number of methoxy groups -OCH3 is 1. The summed E-state index contributed by atoms with van der Waals surface area (Å²) in [6, 6.07) is 7.54. The molecule has 2 unspecified atom stereocenters. The summed E-state index contributed by atoms with van der Waals surface area (Å²) in [6.07, 6.45) is 6.60. The van der Waals surface area contributed by atoms with E-state index in [1.807, 2.05) is 11.8 Å². The second-order valence-corrected chi connectivity index (χ2v) is 7.13. The number of esters is 1. The Kier molecular flexibility index (Phi) is 4.43. The molecule has 2 aliphatic heterocycles. The van der Waals surface area contributed by atoms with Crippen molar-refractivity contribution < 1.29 is 14.3 Å². The minimum absolute atomic E-state index is 0.100. The summed E-state index contributed by atoms with van der Waals surface area (Å²) < 4.78 is 4.68. The Hall–Kier alpha value is -1.49. The molecule has 2 aliphatic rings. The zero-order valence-corrected chi connectivity index (χ0v) is 13.8. The van der Waals surface area contributed by atoms with E-state index in [1.165, 1.54) is 7.11 Å². The Morgan fingerprint density at radius 3 is 2.14 bits per heavy atom. The summed E-state index contributed by atoms with van der Waals surface area (Å²) in [5.41, 5.74) is 1.13. The maximum absolute atomic E-state index is 12.8. The molecule has 0 aliphatic carbocycles. The smallest absolute Gasteiger partial charge is 0.337 e. The predicted molar refractivity (Wildman–Crippen MR) is 87.3 cm³/mol. The summed E-state index contributed by atoms with van der Waals surface area (Å²) >= 11 is 1.92. The highest BCUT2D eigenvalue weighted by atomic mass is 32.2. The number of carbonyl (C=O) groups is 2. The number of ether oxygens (including phenoxy) is 1. The van der Waals surface area contributed by atoms with E-state index in [4.69, 9.17) is 0 Å². The molecule has 2 fully saturated rings. The highest BCUT2D eigenvalue weighted by Gasteiger charge is 2.43. The average molecular weight is 319 g/mol. The molecular formula is C17H21NO3S. The van der Waals surface area contributed by atoms with Gasteiger partial charge in [0.2, 0.25) is 0 Å². The van der Waals surface area contributed by atoms with Crippen molar-refractivity contribution in [3.8, 4) is 0 Å². The lowest BCUT2D eigenvalue weighted by Crippen LogP contribution is -2.47. The van der Waals surface area contributed by atoms with Gasteiger partial charge in [-0.05, 0) is 56.2 Å². The molecule has 2 bridgehead atoms. The van der Waals surface area contributed by atoms with E-state index in [-0.39, 0.29) is 11.9 Å². The van der Waals surface area contributed by atoms with Gasteiger partial charge in [0.15, 0.2) is 0 Å². The van der Waals surface area contributed by atoms with Crippen molar-refractivity contribution in [1.29, 1.82) is 0 Å². The van der Waals surface area contributed by atoms with Gasteiger partial charge in [0.1, 0.15) is 0 Å². The van der Waals surface area contributed by atoms with E-state index in [9.17, 15) is 9.59 Å². The molecule has 22 heavy (non-hydrogen) atoms. The number of rotatable bonds is 3. The number of thioether (sulfide) groups is 1. The predicted octanol–water partition coefficient (Wildman–Crippen LogP) is 2.97. The van der Waals surface area contributed by atoms with E-state index in [1.54, 1.807) is 24.3 Å². The Balaban J connectivity index is 1.76. The molecule has 2 heterocycles. The Morgan fingerprint density at radius 1 is 1.09 bits per heavy atom. The molecule has 3 rings (SSSR count). The largest absolute Gasteiger partial charge is 0.465 e. The molecule has 0 saturated carbocycles. The van der Waals surface area contributed by atoms with Crippen LogP contribution in [0.4, 0.5) is 0 Å². The minimum atomic E-state index is -0.375. The van der Waals surface area contributed by atoms with Crippen LogP contribution in [0, 0.1) is 0 Å². The van der Waals surface area contributed by atoms with Crippen molar-refractivity contribution in [2.75, 3.05) is 13.4 Å². The summed E-state index contributed by atoms with van der Waals surface area (Å²) in [7, 11) is 1.36. The van der Waals surface area contributed by atoms with Crippen LogP contribution in [-0.2, 0) is 4.74 Å². The molecule has 1 aromatic rings. The number of carbonyl (C=O) groups excluding carboxylic acids is 2. The molecule has 0 spiro atoms. The SMILES string of the molecule is COC(=O)c1ccc(C(=O)N2C3CCC2CC(SC)C3)cc1. The van der Waals surface area contributed by atoms with Crippen molar-refractivity contribution in [3.05, 3.63) is 35.4 Å². The van der Waals surface area contributed by atoms with Crippen LogP contribution in [0.25, 0.3) is 0 Å². The normalized spacial score (nSPS) is 26.8. The number of hydrogen-bond acceptors (Lipinski definition) is 4. The Bertz CT molecular complexity index is 558. The minimum Gasteiger partial charge on any atom is -0.465 e. The first-order chi connectivity index (χ1) is 10.6. The van der Waals surface area contributed by atoms with Crippen LogP contribution in [0.1, 0.15) is 46.4 Å². The number of benzene rings is 1. The van der Waals surface area contributed by atoms with Gasteiger partial charge in [0.25, 0.3) is 5.91 Å².